The molecule has 4 nitrogen and oxygen atoms in total. The highest BCUT2D eigenvalue weighted by Crippen LogP contribution is 2.29. The molecule has 1 aliphatic rings. The molecule has 35 heavy (non-hydrogen) atoms. The van der Waals surface area contributed by atoms with E-state index in [1.165, 1.54) is 12.1 Å². The first kappa shape index (κ1) is 23.4. The summed E-state index contributed by atoms with van der Waals surface area (Å²) in [5, 5.41) is 0.437. The van der Waals surface area contributed by atoms with Crippen molar-refractivity contribution < 1.29 is 8.78 Å². The molecule has 0 spiro atoms. The molecule has 1 atom stereocenters. The van der Waals surface area contributed by atoms with Crippen molar-refractivity contribution >= 4 is 10.9 Å². The first-order valence-electron chi connectivity index (χ1n) is 12.2. The molecule has 0 saturated carbocycles. The van der Waals surface area contributed by atoms with Gasteiger partial charge in [-0.05, 0) is 74.2 Å². The van der Waals surface area contributed by atoms with Gasteiger partial charge in [0.25, 0.3) is 5.56 Å². The van der Waals surface area contributed by atoms with Crippen LogP contribution in [0.25, 0.3) is 33.4 Å². The number of hydrogen-bond acceptors (Lipinski definition) is 3. The van der Waals surface area contributed by atoms with Crippen molar-refractivity contribution in [1.82, 2.24) is 14.5 Å². The van der Waals surface area contributed by atoms with Crippen molar-refractivity contribution in [3.8, 4) is 22.5 Å². The molecule has 2 heterocycles. The van der Waals surface area contributed by atoms with Crippen LogP contribution >= 0.6 is 0 Å². The Bertz CT molecular complexity index is 1450. The maximum Gasteiger partial charge on any atom is 0.261 e. The van der Waals surface area contributed by atoms with Crippen molar-refractivity contribution in [2.75, 3.05) is 19.6 Å². The van der Waals surface area contributed by atoms with E-state index >= 15 is 0 Å². The average molecular weight is 474 g/mol. The minimum Gasteiger partial charge on any atom is -0.303 e. The first-order chi connectivity index (χ1) is 16.9. The minimum absolute atomic E-state index is 0.133. The fourth-order valence-corrected chi connectivity index (χ4v) is 5.16. The SMILES string of the molecule is CCN1CCCC(Cn2c(-c3ccccc3C)nc3ccc(-c4ccc(F)cc4F)cc3c2=O)C1. The summed E-state index contributed by atoms with van der Waals surface area (Å²) in [5.41, 5.74) is 3.20. The van der Waals surface area contributed by atoms with Gasteiger partial charge in [0.05, 0.1) is 10.9 Å². The Hall–Kier alpha value is -3.38. The Balaban J connectivity index is 1.67. The van der Waals surface area contributed by atoms with Gasteiger partial charge in [0.2, 0.25) is 0 Å². The number of rotatable bonds is 5. The molecule has 1 fully saturated rings. The third kappa shape index (κ3) is 4.63. The molecule has 1 aromatic heterocycles. The van der Waals surface area contributed by atoms with E-state index < -0.39 is 11.6 Å². The Morgan fingerprint density at radius 2 is 1.86 bits per heavy atom. The number of benzene rings is 3. The van der Waals surface area contributed by atoms with Gasteiger partial charge in [-0.2, -0.15) is 0 Å². The van der Waals surface area contributed by atoms with Gasteiger partial charge in [-0.3, -0.25) is 9.36 Å². The van der Waals surface area contributed by atoms with Crippen molar-refractivity contribution in [3.05, 3.63) is 88.2 Å². The number of aromatic nitrogens is 2. The van der Waals surface area contributed by atoms with Gasteiger partial charge in [-0.1, -0.05) is 37.3 Å². The first-order valence-corrected chi connectivity index (χ1v) is 12.2. The van der Waals surface area contributed by atoms with E-state index in [-0.39, 0.29) is 11.1 Å². The van der Waals surface area contributed by atoms with Gasteiger partial charge < -0.3 is 4.90 Å². The summed E-state index contributed by atoms with van der Waals surface area (Å²) < 4.78 is 29.7. The fourth-order valence-electron chi connectivity index (χ4n) is 5.16. The van der Waals surface area contributed by atoms with E-state index in [0.717, 1.165) is 49.7 Å². The summed E-state index contributed by atoms with van der Waals surface area (Å²) >= 11 is 0. The average Bonchev–Trinajstić information content (AvgIpc) is 2.86. The van der Waals surface area contributed by atoms with Crippen LogP contribution in [0.2, 0.25) is 0 Å². The lowest BCUT2D eigenvalue weighted by molar-refractivity contribution is 0.169. The third-order valence-electron chi connectivity index (χ3n) is 7.07. The second-order valence-electron chi connectivity index (χ2n) is 9.42. The van der Waals surface area contributed by atoms with E-state index in [9.17, 15) is 13.6 Å². The highest BCUT2D eigenvalue weighted by molar-refractivity contribution is 5.85. The zero-order chi connectivity index (χ0) is 24.5. The van der Waals surface area contributed by atoms with Crippen LogP contribution in [0.15, 0.2) is 65.5 Å². The van der Waals surface area contributed by atoms with Crippen LogP contribution in [0.3, 0.4) is 0 Å². The number of piperidine rings is 1. The van der Waals surface area contributed by atoms with Crippen LogP contribution < -0.4 is 5.56 Å². The molecule has 0 amide bonds. The van der Waals surface area contributed by atoms with Crippen molar-refractivity contribution in [2.45, 2.75) is 33.2 Å². The minimum atomic E-state index is -0.656. The molecule has 5 rings (SSSR count). The third-order valence-corrected chi connectivity index (χ3v) is 7.07. The molecule has 1 unspecified atom stereocenters. The summed E-state index contributed by atoms with van der Waals surface area (Å²) in [4.78, 5) is 21.3. The molecule has 1 saturated heterocycles. The maximum atomic E-state index is 14.5. The van der Waals surface area contributed by atoms with E-state index in [1.54, 1.807) is 22.8 Å². The Morgan fingerprint density at radius 3 is 2.63 bits per heavy atom. The molecule has 180 valence electrons. The molecule has 3 aromatic carbocycles. The molecule has 6 heteroatoms. The molecular weight excluding hydrogens is 444 g/mol. The van der Waals surface area contributed by atoms with Crippen LogP contribution in [0.5, 0.6) is 0 Å². The second-order valence-corrected chi connectivity index (χ2v) is 9.42. The Labute approximate surface area is 203 Å². The molecule has 0 aliphatic carbocycles. The number of fused-ring (bicyclic) bond motifs is 1. The van der Waals surface area contributed by atoms with Crippen LogP contribution in [0.4, 0.5) is 8.78 Å². The van der Waals surface area contributed by atoms with Crippen LogP contribution in [-0.4, -0.2) is 34.1 Å². The summed E-state index contributed by atoms with van der Waals surface area (Å²) in [6.45, 7) is 7.82. The second kappa shape index (κ2) is 9.70. The van der Waals surface area contributed by atoms with E-state index in [1.807, 2.05) is 31.2 Å². The lowest BCUT2D eigenvalue weighted by atomic mass is 9.97. The van der Waals surface area contributed by atoms with Crippen molar-refractivity contribution in [1.29, 1.82) is 0 Å². The quantitative estimate of drug-likeness (QED) is 0.354. The fraction of sp³-hybridized carbons (Fsp3) is 0.310. The molecule has 4 aromatic rings. The number of halogens is 2. The van der Waals surface area contributed by atoms with Crippen LogP contribution in [0.1, 0.15) is 25.3 Å². The Kier molecular flexibility index (Phi) is 6.48. The standard InChI is InChI=1S/C29H29F2N3O/c1-3-33-14-6-8-20(17-33)18-34-28(23-9-5-4-7-19(23)2)32-27-13-10-21(15-25(27)29(34)35)24-12-11-22(30)16-26(24)31/h4-5,7,9-13,15-16,20H,3,6,8,14,17-18H2,1-2H3. The normalized spacial score (nSPS) is 16.6. The monoisotopic (exact) mass is 473 g/mol. The zero-order valence-corrected chi connectivity index (χ0v) is 20.1. The number of aryl methyl sites for hydroxylation is 1. The molecule has 0 radical (unpaired) electrons. The predicted molar refractivity (Wildman–Crippen MR) is 136 cm³/mol. The summed E-state index contributed by atoms with van der Waals surface area (Å²) in [7, 11) is 0. The van der Waals surface area contributed by atoms with E-state index in [2.05, 4.69) is 11.8 Å². The number of nitrogens with zero attached hydrogens (tertiary/aromatic N) is 3. The van der Waals surface area contributed by atoms with Crippen molar-refractivity contribution in [2.24, 2.45) is 5.92 Å². The topological polar surface area (TPSA) is 38.1 Å². The summed E-state index contributed by atoms with van der Waals surface area (Å²) in [6.07, 6.45) is 2.18. The van der Waals surface area contributed by atoms with E-state index in [0.29, 0.717) is 34.8 Å². The van der Waals surface area contributed by atoms with Gasteiger partial charge >= 0.3 is 0 Å². The highest BCUT2D eigenvalue weighted by atomic mass is 19.1. The van der Waals surface area contributed by atoms with E-state index in [4.69, 9.17) is 4.98 Å². The number of hydrogen-bond donors (Lipinski definition) is 0. The van der Waals surface area contributed by atoms with Gasteiger partial charge in [-0.15, -0.1) is 0 Å². The lowest BCUT2D eigenvalue weighted by Gasteiger charge is -2.32. The lowest BCUT2D eigenvalue weighted by Crippen LogP contribution is -2.38. The summed E-state index contributed by atoms with van der Waals surface area (Å²) in [5.74, 6) is -0.278. The van der Waals surface area contributed by atoms with Gasteiger partial charge in [0, 0.05) is 30.3 Å². The predicted octanol–water partition coefficient (Wildman–Crippen LogP) is 6.05. The zero-order valence-electron chi connectivity index (χ0n) is 20.1. The van der Waals surface area contributed by atoms with Gasteiger partial charge in [-0.25, -0.2) is 13.8 Å². The molecule has 0 bridgehead atoms. The van der Waals surface area contributed by atoms with Gasteiger partial charge in [0.1, 0.15) is 17.5 Å². The Morgan fingerprint density at radius 1 is 1.03 bits per heavy atom. The smallest absolute Gasteiger partial charge is 0.261 e. The molecular formula is C29H29F2N3O. The van der Waals surface area contributed by atoms with Crippen LogP contribution in [0, 0.1) is 24.5 Å². The molecule has 1 aliphatic heterocycles. The highest BCUT2D eigenvalue weighted by Gasteiger charge is 2.23. The maximum absolute atomic E-state index is 14.5. The van der Waals surface area contributed by atoms with Crippen LogP contribution in [-0.2, 0) is 6.54 Å². The van der Waals surface area contributed by atoms with Crippen molar-refractivity contribution in [3.63, 3.8) is 0 Å². The largest absolute Gasteiger partial charge is 0.303 e. The summed E-state index contributed by atoms with van der Waals surface area (Å²) in [6, 6.07) is 16.6. The molecule has 0 N–H and O–H groups in total. The van der Waals surface area contributed by atoms with Gasteiger partial charge in [0.15, 0.2) is 0 Å². The number of likely N-dealkylation sites (tertiary alicyclic amines) is 1.